The van der Waals surface area contributed by atoms with Crippen LogP contribution in [-0.4, -0.2) is 52.7 Å². The molecule has 2 aromatic carbocycles. The average Bonchev–Trinajstić information content (AvgIpc) is 3.27. The first-order valence-corrected chi connectivity index (χ1v) is 12.3. The number of benzene rings is 2. The smallest absolute Gasteiger partial charge is 0.305 e. The number of methoxy groups -OCH3 is 1. The molecule has 0 unspecified atom stereocenters. The standard InChI is InChI=1S/C25H30N4O4S/c1-3-33-23(31)10-7-16-26-22(30)18-34-25-28-27-24(20-11-13-21(32-2)14-12-20)29(25)17-15-19-8-5-4-6-9-19/h4-6,8-9,11-14H,3,7,10,15-18H2,1-2H3,(H,26,30). The molecule has 0 fully saturated rings. The minimum Gasteiger partial charge on any atom is -0.497 e. The second kappa shape index (κ2) is 13.4. The first-order chi connectivity index (χ1) is 16.6. The molecule has 0 aliphatic carbocycles. The summed E-state index contributed by atoms with van der Waals surface area (Å²) >= 11 is 1.35. The summed E-state index contributed by atoms with van der Waals surface area (Å²) in [6.07, 6.45) is 1.65. The van der Waals surface area contributed by atoms with Gasteiger partial charge in [0.2, 0.25) is 5.91 Å². The van der Waals surface area contributed by atoms with Gasteiger partial charge in [0.05, 0.1) is 19.5 Å². The number of nitrogens with zero attached hydrogens (tertiary/aromatic N) is 3. The normalized spacial score (nSPS) is 10.6. The van der Waals surface area contributed by atoms with E-state index in [4.69, 9.17) is 9.47 Å². The van der Waals surface area contributed by atoms with Crippen molar-refractivity contribution in [2.24, 2.45) is 0 Å². The molecular formula is C25H30N4O4S. The van der Waals surface area contributed by atoms with Gasteiger partial charge in [-0.2, -0.15) is 0 Å². The van der Waals surface area contributed by atoms with Crippen molar-refractivity contribution in [3.05, 3.63) is 60.2 Å². The predicted molar refractivity (Wildman–Crippen MR) is 132 cm³/mol. The molecule has 3 rings (SSSR count). The first kappa shape index (κ1) is 25.3. The van der Waals surface area contributed by atoms with Crippen LogP contribution in [0.15, 0.2) is 59.8 Å². The minimum absolute atomic E-state index is 0.113. The van der Waals surface area contributed by atoms with Crippen molar-refractivity contribution in [2.75, 3.05) is 26.0 Å². The highest BCUT2D eigenvalue weighted by molar-refractivity contribution is 7.99. The van der Waals surface area contributed by atoms with Gasteiger partial charge in [-0.25, -0.2) is 0 Å². The Morgan fingerprint density at radius 2 is 1.82 bits per heavy atom. The Labute approximate surface area is 204 Å². The second-order valence-electron chi connectivity index (χ2n) is 7.47. The van der Waals surface area contributed by atoms with Crippen molar-refractivity contribution in [1.29, 1.82) is 0 Å². The van der Waals surface area contributed by atoms with E-state index in [1.165, 1.54) is 17.3 Å². The van der Waals surface area contributed by atoms with E-state index >= 15 is 0 Å². The van der Waals surface area contributed by atoms with Crippen molar-refractivity contribution < 1.29 is 19.1 Å². The number of hydrogen-bond donors (Lipinski definition) is 1. The fourth-order valence-corrected chi connectivity index (χ4v) is 4.11. The lowest BCUT2D eigenvalue weighted by Gasteiger charge is -2.11. The highest BCUT2D eigenvalue weighted by atomic mass is 32.2. The van der Waals surface area contributed by atoms with Gasteiger partial charge in [-0.1, -0.05) is 42.1 Å². The van der Waals surface area contributed by atoms with Crippen LogP contribution in [0.25, 0.3) is 11.4 Å². The van der Waals surface area contributed by atoms with E-state index in [2.05, 4.69) is 27.6 Å². The SMILES string of the molecule is CCOC(=O)CCCNC(=O)CSc1nnc(-c2ccc(OC)cc2)n1CCc1ccccc1. The predicted octanol–water partition coefficient (Wildman–Crippen LogP) is 3.75. The molecule has 1 amide bonds. The molecule has 0 bridgehead atoms. The molecule has 0 aliphatic heterocycles. The van der Waals surface area contributed by atoms with Crippen molar-refractivity contribution in [3.8, 4) is 17.1 Å². The van der Waals surface area contributed by atoms with Crippen LogP contribution in [0.1, 0.15) is 25.3 Å². The quantitative estimate of drug-likeness (QED) is 0.225. The van der Waals surface area contributed by atoms with Crippen LogP contribution in [-0.2, 0) is 27.3 Å². The van der Waals surface area contributed by atoms with Crippen LogP contribution in [0.4, 0.5) is 0 Å². The fraction of sp³-hybridized carbons (Fsp3) is 0.360. The summed E-state index contributed by atoms with van der Waals surface area (Å²) in [5.41, 5.74) is 2.14. The van der Waals surface area contributed by atoms with E-state index in [-0.39, 0.29) is 17.6 Å². The van der Waals surface area contributed by atoms with Crippen LogP contribution < -0.4 is 10.1 Å². The van der Waals surface area contributed by atoms with Gasteiger partial charge in [-0.15, -0.1) is 10.2 Å². The molecule has 0 spiro atoms. The third kappa shape index (κ3) is 7.62. The van der Waals surface area contributed by atoms with Crippen LogP contribution in [0, 0.1) is 0 Å². The Kier molecular flexibility index (Phi) is 9.97. The van der Waals surface area contributed by atoms with Crippen LogP contribution in [0.3, 0.4) is 0 Å². The first-order valence-electron chi connectivity index (χ1n) is 11.3. The molecule has 180 valence electrons. The molecule has 8 nitrogen and oxygen atoms in total. The highest BCUT2D eigenvalue weighted by Gasteiger charge is 2.16. The molecule has 1 N–H and O–H groups in total. The zero-order valence-electron chi connectivity index (χ0n) is 19.5. The van der Waals surface area contributed by atoms with Gasteiger partial charge in [0.25, 0.3) is 0 Å². The Morgan fingerprint density at radius 1 is 1.06 bits per heavy atom. The molecule has 3 aromatic rings. The van der Waals surface area contributed by atoms with E-state index < -0.39 is 0 Å². The number of carbonyl (C=O) groups is 2. The van der Waals surface area contributed by atoms with Gasteiger partial charge in [-0.3, -0.25) is 9.59 Å². The summed E-state index contributed by atoms with van der Waals surface area (Å²) in [6, 6.07) is 17.9. The van der Waals surface area contributed by atoms with E-state index in [0.29, 0.717) is 37.7 Å². The van der Waals surface area contributed by atoms with Crippen molar-refractivity contribution in [2.45, 2.75) is 37.9 Å². The topological polar surface area (TPSA) is 95.3 Å². The fourth-order valence-electron chi connectivity index (χ4n) is 3.31. The number of rotatable bonds is 13. The number of ether oxygens (including phenoxy) is 2. The van der Waals surface area contributed by atoms with Gasteiger partial charge < -0.3 is 19.4 Å². The molecule has 0 aliphatic rings. The number of carbonyl (C=O) groups excluding carboxylic acids is 2. The van der Waals surface area contributed by atoms with Gasteiger partial charge in [0.15, 0.2) is 11.0 Å². The number of aryl methyl sites for hydroxylation is 1. The number of aromatic nitrogens is 3. The van der Waals surface area contributed by atoms with Gasteiger partial charge in [0.1, 0.15) is 5.75 Å². The largest absolute Gasteiger partial charge is 0.497 e. The maximum absolute atomic E-state index is 12.3. The third-order valence-corrected chi connectivity index (χ3v) is 6.02. The monoisotopic (exact) mass is 482 g/mol. The Balaban J connectivity index is 1.64. The van der Waals surface area contributed by atoms with Gasteiger partial charge in [0, 0.05) is 25.1 Å². The lowest BCUT2D eigenvalue weighted by Crippen LogP contribution is -2.26. The molecule has 34 heavy (non-hydrogen) atoms. The van der Waals surface area contributed by atoms with Crippen molar-refractivity contribution >= 4 is 23.6 Å². The summed E-state index contributed by atoms with van der Waals surface area (Å²) in [5.74, 6) is 1.37. The lowest BCUT2D eigenvalue weighted by atomic mass is 10.1. The third-order valence-electron chi connectivity index (χ3n) is 5.05. The van der Waals surface area contributed by atoms with E-state index in [1.807, 2.05) is 47.0 Å². The molecule has 0 atom stereocenters. The van der Waals surface area contributed by atoms with Crippen LogP contribution in [0.2, 0.25) is 0 Å². The average molecular weight is 483 g/mol. The zero-order valence-corrected chi connectivity index (χ0v) is 20.3. The number of esters is 1. The summed E-state index contributed by atoms with van der Waals surface area (Å²) in [7, 11) is 1.63. The molecule has 1 heterocycles. The minimum atomic E-state index is -0.247. The molecule has 0 saturated heterocycles. The van der Waals surface area contributed by atoms with Crippen molar-refractivity contribution in [1.82, 2.24) is 20.1 Å². The summed E-state index contributed by atoms with van der Waals surface area (Å²) < 4.78 is 12.2. The highest BCUT2D eigenvalue weighted by Crippen LogP contribution is 2.26. The Bertz CT molecular complexity index is 1050. The van der Waals surface area contributed by atoms with Crippen molar-refractivity contribution in [3.63, 3.8) is 0 Å². The van der Waals surface area contributed by atoms with E-state index in [9.17, 15) is 9.59 Å². The maximum Gasteiger partial charge on any atom is 0.305 e. The summed E-state index contributed by atoms with van der Waals surface area (Å²) in [5, 5.41) is 12.3. The zero-order chi connectivity index (χ0) is 24.2. The van der Waals surface area contributed by atoms with Gasteiger partial charge >= 0.3 is 5.97 Å². The van der Waals surface area contributed by atoms with Crippen LogP contribution >= 0.6 is 11.8 Å². The Morgan fingerprint density at radius 3 is 2.53 bits per heavy atom. The molecular weight excluding hydrogens is 452 g/mol. The molecule has 0 saturated carbocycles. The molecule has 1 aromatic heterocycles. The number of hydrogen-bond acceptors (Lipinski definition) is 7. The lowest BCUT2D eigenvalue weighted by molar-refractivity contribution is -0.143. The van der Waals surface area contributed by atoms with E-state index in [0.717, 1.165) is 23.6 Å². The summed E-state index contributed by atoms with van der Waals surface area (Å²) in [6.45, 7) is 3.25. The number of nitrogens with one attached hydrogen (secondary N) is 1. The molecule has 9 heteroatoms. The second-order valence-corrected chi connectivity index (χ2v) is 8.41. The number of amides is 1. The maximum atomic E-state index is 12.3. The Hall–Kier alpha value is -3.33. The van der Waals surface area contributed by atoms with E-state index in [1.54, 1.807) is 14.0 Å². The number of thioether (sulfide) groups is 1. The molecule has 0 radical (unpaired) electrons. The van der Waals surface area contributed by atoms with Crippen LogP contribution in [0.5, 0.6) is 5.75 Å². The summed E-state index contributed by atoms with van der Waals surface area (Å²) in [4.78, 5) is 23.7. The van der Waals surface area contributed by atoms with Gasteiger partial charge in [-0.05, 0) is 49.6 Å².